The molecule has 0 unspecified atom stereocenters. The molecule has 2 heterocycles. The lowest BCUT2D eigenvalue weighted by Crippen LogP contribution is -2.16. The number of non-ortho nitro benzene ring substituents is 1. The Bertz CT molecular complexity index is 1450. The maximum atomic E-state index is 12.8. The minimum atomic E-state index is -0.590. The molecule has 35 heavy (non-hydrogen) atoms. The van der Waals surface area contributed by atoms with Crippen LogP contribution in [0, 0.1) is 24.0 Å². The molecule has 0 atom stereocenters. The van der Waals surface area contributed by atoms with Gasteiger partial charge in [-0.25, -0.2) is 4.68 Å². The monoisotopic (exact) mass is 578 g/mol. The first-order valence-electron chi connectivity index (χ1n) is 10.1. The fourth-order valence-corrected chi connectivity index (χ4v) is 3.94. The first kappa shape index (κ1) is 24.7. The molecule has 180 valence electrons. The van der Waals surface area contributed by atoms with Crippen LogP contribution in [0.2, 0.25) is 10.0 Å². The summed E-state index contributed by atoms with van der Waals surface area (Å²) in [6.45, 7) is 4.11. The van der Waals surface area contributed by atoms with Crippen molar-refractivity contribution in [1.29, 1.82) is 0 Å². The molecule has 0 saturated carbocycles. The average Bonchev–Trinajstić information content (AvgIpc) is 3.36. The van der Waals surface area contributed by atoms with Gasteiger partial charge in [0, 0.05) is 23.4 Å². The Morgan fingerprint density at radius 1 is 1.17 bits per heavy atom. The van der Waals surface area contributed by atoms with Gasteiger partial charge >= 0.3 is 0 Å². The number of aromatic nitrogens is 4. The van der Waals surface area contributed by atoms with Gasteiger partial charge in [-0.15, -0.1) is 0 Å². The number of nitro benzene ring substituents is 1. The Morgan fingerprint density at radius 3 is 2.60 bits per heavy atom. The van der Waals surface area contributed by atoms with Crippen molar-refractivity contribution < 1.29 is 14.5 Å². The summed E-state index contributed by atoms with van der Waals surface area (Å²) in [7, 11) is 0. The molecule has 1 amide bonds. The van der Waals surface area contributed by atoms with E-state index < -0.39 is 10.8 Å². The number of nitrogens with zero attached hydrogens (tertiary/aromatic N) is 5. The van der Waals surface area contributed by atoms with E-state index in [1.54, 1.807) is 21.6 Å². The van der Waals surface area contributed by atoms with Crippen molar-refractivity contribution in [2.24, 2.45) is 0 Å². The number of hydrogen-bond acceptors (Lipinski definition) is 6. The second-order valence-corrected chi connectivity index (χ2v) is 9.11. The van der Waals surface area contributed by atoms with Gasteiger partial charge in [-0.2, -0.15) is 10.2 Å². The first-order valence-corrected chi connectivity index (χ1v) is 11.6. The van der Waals surface area contributed by atoms with Crippen LogP contribution in [0.1, 0.15) is 21.9 Å². The summed E-state index contributed by atoms with van der Waals surface area (Å²) in [5.74, 6) is -0.183. The number of ether oxygens (including phenoxy) is 1. The topological polar surface area (TPSA) is 117 Å². The zero-order valence-electron chi connectivity index (χ0n) is 18.3. The number of nitrogens with one attached hydrogen (secondary N) is 1. The van der Waals surface area contributed by atoms with Crippen LogP contribution in [0.5, 0.6) is 11.5 Å². The predicted octanol–water partition coefficient (Wildman–Crippen LogP) is 6.22. The summed E-state index contributed by atoms with van der Waals surface area (Å²) >= 11 is 15.5. The molecule has 1 N–H and O–H groups in total. The van der Waals surface area contributed by atoms with Crippen LogP contribution in [0.3, 0.4) is 0 Å². The Kier molecular flexibility index (Phi) is 7.10. The van der Waals surface area contributed by atoms with Crippen molar-refractivity contribution in [3.8, 4) is 11.5 Å². The summed E-state index contributed by atoms with van der Waals surface area (Å²) in [6.07, 6.45) is 1.64. The fraction of sp³-hybridized carbons (Fsp3) is 0.136. The molecule has 0 aliphatic carbocycles. The van der Waals surface area contributed by atoms with E-state index in [9.17, 15) is 14.9 Å². The third-order valence-corrected chi connectivity index (χ3v) is 6.61. The SMILES string of the molecule is Cc1nn(Cn2ccc(C(=O)Nc3cc(Oc4ccc(Cl)cc4Cl)cc([N+](=O)[O-])c3)n2)c(C)c1Br. The smallest absolute Gasteiger partial charge is 0.276 e. The number of rotatable bonds is 7. The van der Waals surface area contributed by atoms with Crippen molar-refractivity contribution >= 4 is 56.4 Å². The number of anilines is 1. The minimum Gasteiger partial charge on any atom is -0.455 e. The largest absolute Gasteiger partial charge is 0.455 e. The summed E-state index contributed by atoms with van der Waals surface area (Å²) in [4.78, 5) is 23.6. The molecule has 13 heteroatoms. The molecule has 0 bridgehead atoms. The van der Waals surface area contributed by atoms with Gasteiger partial charge in [-0.1, -0.05) is 23.2 Å². The highest BCUT2D eigenvalue weighted by Gasteiger charge is 2.17. The molecule has 0 radical (unpaired) electrons. The van der Waals surface area contributed by atoms with E-state index in [1.165, 1.54) is 36.4 Å². The third-order valence-electron chi connectivity index (χ3n) is 4.93. The Labute approximate surface area is 217 Å². The van der Waals surface area contributed by atoms with Crippen molar-refractivity contribution in [2.45, 2.75) is 20.5 Å². The van der Waals surface area contributed by atoms with Gasteiger partial charge in [0.25, 0.3) is 11.6 Å². The van der Waals surface area contributed by atoms with Crippen LogP contribution in [-0.4, -0.2) is 30.4 Å². The molecule has 0 aliphatic heterocycles. The lowest BCUT2D eigenvalue weighted by molar-refractivity contribution is -0.384. The van der Waals surface area contributed by atoms with Gasteiger partial charge in [-0.3, -0.25) is 19.6 Å². The second kappa shape index (κ2) is 10.1. The molecule has 4 rings (SSSR count). The van der Waals surface area contributed by atoms with E-state index in [-0.39, 0.29) is 33.6 Å². The van der Waals surface area contributed by atoms with Crippen molar-refractivity contribution in [1.82, 2.24) is 19.6 Å². The van der Waals surface area contributed by atoms with Crippen LogP contribution in [0.25, 0.3) is 0 Å². The predicted molar refractivity (Wildman–Crippen MR) is 135 cm³/mol. The van der Waals surface area contributed by atoms with Crippen LogP contribution in [0.4, 0.5) is 11.4 Å². The number of hydrogen-bond donors (Lipinski definition) is 1. The summed E-state index contributed by atoms with van der Waals surface area (Å²) in [6, 6.07) is 10.0. The van der Waals surface area contributed by atoms with E-state index in [0.29, 0.717) is 11.7 Å². The van der Waals surface area contributed by atoms with Gasteiger partial charge < -0.3 is 10.1 Å². The standard InChI is InChI=1S/C22H17BrCl2N6O4/c1-12-21(23)13(2)30(27-12)11-29-6-5-19(28-29)22(32)26-15-8-16(31(33)34)10-17(9-15)35-20-4-3-14(24)7-18(20)25/h3-10H,11H2,1-2H3,(H,26,32). The lowest BCUT2D eigenvalue weighted by Gasteiger charge is -2.10. The van der Waals surface area contributed by atoms with Crippen LogP contribution in [0.15, 0.2) is 53.1 Å². The molecular formula is C22H17BrCl2N6O4. The zero-order chi connectivity index (χ0) is 25.3. The molecule has 4 aromatic rings. The lowest BCUT2D eigenvalue weighted by atomic mass is 10.2. The molecule has 0 fully saturated rings. The molecule has 0 aliphatic rings. The maximum Gasteiger partial charge on any atom is 0.276 e. The van der Waals surface area contributed by atoms with Crippen molar-refractivity contribution in [3.05, 3.63) is 90.4 Å². The zero-order valence-corrected chi connectivity index (χ0v) is 21.4. The van der Waals surface area contributed by atoms with Gasteiger partial charge in [0.2, 0.25) is 0 Å². The van der Waals surface area contributed by atoms with Gasteiger partial charge in [0.05, 0.1) is 37.6 Å². The quantitative estimate of drug-likeness (QED) is 0.205. The number of aryl methyl sites for hydroxylation is 1. The van der Waals surface area contributed by atoms with Crippen molar-refractivity contribution in [3.63, 3.8) is 0 Å². The molecule has 10 nitrogen and oxygen atoms in total. The minimum absolute atomic E-state index is 0.111. The van der Waals surface area contributed by atoms with Crippen LogP contribution in [-0.2, 0) is 6.67 Å². The molecule has 2 aromatic heterocycles. The average molecular weight is 580 g/mol. The van der Waals surface area contributed by atoms with Gasteiger partial charge in [0.1, 0.15) is 18.2 Å². The summed E-state index contributed by atoms with van der Waals surface area (Å²) in [5.41, 5.74) is 1.77. The number of amides is 1. The van der Waals surface area contributed by atoms with E-state index in [0.717, 1.165) is 15.9 Å². The molecule has 0 saturated heterocycles. The summed E-state index contributed by atoms with van der Waals surface area (Å²) < 4.78 is 9.92. The number of halogens is 3. The van der Waals surface area contributed by atoms with E-state index in [1.807, 2.05) is 13.8 Å². The number of nitro groups is 1. The van der Waals surface area contributed by atoms with Gasteiger partial charge in [0.15, 0.2) is 5.69 Å². The first-order chi connectivity index (χ1) is 16.6. The third kappa shape index (κ3) is 5.64. The number of carbonyl (C=O) groups excluding carboxylic acids is 1. The molecule has 0 spiro atoms. The highest BCUT2D eigenvalue weighted by atomic mass is 79.9. The highest BCUT2D eigenvalue weighted by molar-refractivity contribution is 9.10. The summed E-state index contributed by atoms with van der Waals surface area (Å²) in [5, 5.41) is 23.4. The highest BCUT2D eigenvalue weighted by Crippen LogP contribution is 2.34. The normalized spacial score (nSPS) is 10.9. The Morgan fingerprint density at radius 2 is 1.94 bits per heavy atom. The number of carbonyl (C=O) groups is 1. The number of benzene rings is 2. The maximum absolute atomic E-state index is 12.8. The Balaban J connectivity index is 1.53. The molecular weight excluding hydrogens is 563 g/mol. The second-order valence-electron chi connectivity index (χ2n) is 7.47. The van der Waals surface area contributed by atoms with Crippen molar-refractivity contribution in [2.75, 3.05) is 5.32 Å². The van der Waals surface area contributed by atoms with E-state index in [4.69, 9.17) is 27.9 Å². The van der Waals surface area contributed by atoms with Gasteiger partial charge in [-0.05, 0) is 54.0 Å². The van der Waals surface area contributed by atoms with Crippen LogP contribution < -0.4 is 10.1 Å². The van der Waals surface area contributed by atoms with E-state index in [2.05, 4.69) is 31.4 Å². The Hall–Kier alpha value is -3.41. The molecule has 2 aromatic carbocycles. The van der Waals surface area contributed by atoms with Crippen LogP contribution >= 0.6 is 39.1 Å². The fourth-order valence-electron chi connectivity index (χ4n) is 3.21. The van der Waals surface area contributed by atoms with E-state index >= 15 is 0 Å².